The molecule has 0 amide bonds. The minimum atomic E-state index is -2.94. The van der Waals surface area contributed by atoms with E-state index in [1.807, 2.05) is 0 Å². The van der Waals surface area contributed by atoms with Crippen molar-refractivity contribution in [1.29, 1.82) is 0 Å². The van der Waals surface area contributed by atoms with E-state index in [2.05, 4.69) is 25.9 Å². The maximum absolute atomic E-state index is 11.4. The third-order valence-electron chi connectivity index (χ3n) is 2.87. The van der Waals surface area contributed by atoms with E-state index < -0.39 is 9.84 Å². The van der Waals surface area contributed by atoms with Gasteiger partial charge in [-0.1, -0.05) is 0 Å². The average molecular weight is 322 g/mol. The Hall–Kier alpha value is -0.890. The van der Waals surface area contributed by atoms with Gasteiger partial charge in [0.15, 0.2) is 9.84 Å². The minimum Gasteiger partial charge on any atom is -0.354 e. The fourth-order valence-electron chi connectivity index (χ4n) is 1.87. The summed E-state index contributed by atoms with van der Waals surface area (Å²) in [4.78, 5) is 19.6. The maximum Gasteiger partial charge on any atom is 0.267 e. The normalized spacial score (nSPS) is 22.6. The van der Waals surface area contributed by atoms with Crippen LogP contribution in [0.2, 0.25) is 0 Å². The molecule has 1 atom stereocenters. The third-order valence-corrected chi connectivity index (χ3v) is 5.33. The van der Waals surface area contributed by atoms with Gasteiger partial charge in [-0.2, -0.15) is 0 Å². The van der Waals surface area contributed by atoms with Gasteiger partial charge < -0.3 is 9.88 Å². The number of hydrogen-bond donors (Lipinski definition) is 1. The van der Waals surface area contributed by atoms with Crippen LogP contribution in [-0.4, -0.2) is 43.0 Å². The van der Waals surface area contributed by atoms with Gasteiger partial charge in [0.1, 0.15) is 10.3 Å². The molecular weight excluding hydrogens is 310 g/mol. The monoisotopic (exact) mass is 321 g/mol. The molecule has 1 unspecified atom stereocenters. The van der Waals surface area contributed by atoms with Gasteiger partial charge in [-0.25, -0.2) is 13.4 Å². The Kier molecular flexibility index (Phi) is 3.26. The highest BCUT2D eigenvalue weighted by molar-refractivity contribution is 9.10. The highest BCUT2D eigenvalue weighted by Gasteiger charge is 2.32. The first-order valence-corrected chi connectivity index (χ1v) is 7.68. The molecule has 2 rings (SSSR count). The van der Waals surface area contributed by atoms with Gasteiger partial charge in [0.25, 0.3) is 5.56 Å². The molecule has 1 N–H and O–H groups in total. The topological polar surface area (TPSA) is 83.1 Å². The number of hydrogen-bond acceptors (Lipinski definition) is 5. The lowest BCUT2D eigenvalue weighted by molar-refractivity contribution is 0.600. The second-order valence-electron chi connectivity index (χ2n) is 4.04. The van der Waals surface area contributed by atoms with Crippen molar-refractivity contribution in [3.8, 4) is 0 Å². The third kappa shape index (κ3) is 2.52. The van der Waals surface area contributed by atoms with E-state index in [0.29, 0.717) is 16.7 Å². The number of H-pyrrole nitrogens is 1. The van der Waals surface area contributed by atoms with E-state index in [1.165, 1.54) is 6.33 Å². The molecule has 8 heteroatoms. The van der Waals surface area contributed by atoms with Crippen molar-refractivity contribution in [2.45, 2.75) is 12.5 Å². The van der Waals surface area contributed by atoms with Crippen molar-refractivity contribution in [2.24, 2.45) is 0 Å². The van der Waals surface area contributed by atoms with E-state index in [4.69, 9.17) is 0 Å². The number of halogens is 1. The highest BCUT2D eigenvalue weighted by Crippen LogP contribution is 2.24. The second kappa shape index (κ2) is 4.41. The van der Waals surface area contributed by atoms with Gasteiger partial charge in [-0.3, -0.25) is 4.79 Å². The Morgan fingerprint density at radius 2 is 2.29 bits per heavy atom. The van der Waals surface area contributed by atoms with Crippen LogP contribution in [0.3, 0.4) is 0 Å². The SMILES string of the molecule is CN(c1nc[nH]c(=O)c1Br)C1CCS(=O)(=O)C1. The van der Waals surface area contributed by atoms with Crippen molar-refractivity contribution in [2.75, 3.05) is 23.5 Å². The van der Waals surface area contributed by atoms with Crippen LogP contribution in [-0.2, 0) is 9.84 Å². The van der Waals surface area contributed by atoms with Crippen LogP contribution in [0.15, 0.2) is 15.6 Å². The van der Waals surface area contributed by atoms with Gasteiger partial charge >= 0.3 is 0 Å². The predicted molar refractivity (Wildman–Crippen MR) is 68.0 cm³/mol. The molecule has 0 saturated carbocycles. The number of aromatic amines is 1. The Labute approximate surface area is 107 Å². The van der Waals surface area contributed by atoms with Crippen LogP contribution in [0.4, 0.5) is 5.82 Å². The molecule has 0 aliphatic carbocycles. The van der Waals surface area contributed by atoms with E-state index in [0.717, 1.165) is 0 Å². The van der Waals surface area contributed by atoms with Gasteiger partial charge in [-0.15, -0.1) is 0 Å². The van der Waals surface area contributed by atoms with Crippen molar-refractivity contribution in [3.63, 3.8) is 0 Å². The smallest absolute Gasteiger partial charge is 0.267 e. The lowest BCUT2D eigenvalue weighted by atomic mass is 10.2. The van der Waals surface area contributed by atoms with Gasteiger partial charge in [-0.05, 0) is 22.4 Å². The Morgan fingerprint density at radius 1 is 1.59 bits per heavy atom. The number of aromatic nitrogens is 2. The first-order valence-electron chi connectivity index (χ1n) is 5.07. The molecule has 0 bridgehead atoms. The molecule has 0 radical (unpaired) electrons. The van der Waals surface area contributed by atoms with Crippen LogP contribution in [0.25, 0.3) is 0 Å². The van der Waals surface area contributed by atoms with Crippen molar-refractivity contribution < 1.29 is 8.42 Å². The molecule has 6 nitrogen and oxygen atoms in total. The van der Waals surface area contributed by atoms with Crippen LogP contribution >= 0.6 is 15.9 Å². The minimum absolute atomic E-state index is 0.115. The summed E-state index contributed by atoms with van der Waals surface area (Å²) in [5, 5.41) is 0. The fraction of sp³-hybridized carbons (Fsp3) is 0.556. The maximum atomic E-state index is 11.4. The molecule has 0 aromatic carbocycles. The molecule has 0 spiro atoms. The van der Waals surface area contributed by atoms with Crippen molar-refractivity contribution >= 4 is 31.6 Å². The molecule has 2 heterocycles. The quantitative estimate of drug-likeness (QED) is 0.838. The van der Waals surface area contributed by atoms with E-state index in [9.17, 15) is 13.2 Å². The summed E-state index contributed by atoms with van der Waals surface area (Å²) in [7, 11) is -1.19. The second-order valence-corrected chi connectivity index (χ2v) is 7.06. The molecule has 1 aromatic rings. The summed E-state index contributed by atoms with van der Waals surface area (Å²) < 4.78 is 23.1. The largest absolute Gasteiger partial charge is 0.354 e. The first-order chi connectivity index (χ1) is 7.91. The molecule has 94 valence electrons. The summed E-state index contributed by atoms with van der Waals surface area (Å²) in [6, 6.07) is -0.120. The number of anilines is 1. The lowest BCUT2D eigenvalue weighted by Gasteiger charge is -2.24. The summed E-state index contributed by atoms with van der Waals surface area (Å²) in [6.07, 6.45) is 1.88. The Bertz CT molecular complexity index is 583. The summed E-state index contributed by atoms with van der Waals surface area (Å²) in [6.45, 7) is 0. The number of rotatable bonds is 2. The zero-order valence-electron chi connectivity index (χ0n) is 9.18. The molecular formula is C9H12BrN3O3S. The summed E-state index contributed by atoms with van der Waals surface area (Å²) in [5.74, 6) is 0.781. The van der Waals surface area contributed by atoms with Gasteiger partial charge in [0, 0.05) is 13.1 Å². The molecule has 1 aromatic heterocycles. The molecule has 1 saturated heterocycles. The highest BCUT2D eigenvalue weighted by atomic mass is 79.9. The van der Waals surface area contributed by atoms with Gasteiger partial charge in [0.2, 0.25) is 0 Å². The van der Waals surface area contributed by atoms with Crippen LogP contribution in [0.5, 0.6) is 0 Å². The van der Waals surface area contributed by atoms with Crippen molar-refractivity contribution in [3.05, 3.63) is 21.2 Å². The number of nitrogens with zero attached hydrogens (tertiary/aromatic N) is 2. The zero-order chi connectivity index (χ0) is 12.6. The van der Waals surface area contributed by atoms with E-state index in [-0.39, 0.29) is 23.1 Å². The van der Waals surface area contributed by atoms with Crippen LogP contribution < -0.4 is 10.5 Å². The van der Waals surface area contributed by atoms with Crippen LogP contribution in [0.1, 0.15) is 6.42 Å². The number of nitrogens with one attached hydrogen (secondary N) is 1. The molecule has 1 aliphatic heterocycles. The molecule has 1 aliphatic rings. The summed E-state index contributed by atoms with van der Waals surface area (Å²) in [5.41, 5.74) is -0.275. The zero-order valence-corrected chi connectivity index (χ0v) is 11.6. The molecule has 17 heavy (non-hydrogen) atoms. The lowest BCUT2D eigenvalue weighted by Crippen LogP contribution is -2.34. The molecule has 1 fully saturated rings. The van der Waals surface area contributed by atoms with Crippen LogP contribution in [0, 0.1) is 0 Å². The van der Waals surface area contributed by atoms with E-state index in [1.54, 1.807) is 11.9 Å². The Balaban J connectivity index is 2.29. The van der Waals surface area contributed by atoms with E-state index >= 15 is 0 Å². The number of sulfone groups is 1. The average Bonchev–Trinajstić information content (AvgIpc) is 2.62. The Morgan fingerprint density at radius 3 is 2.88 bits per heavy atom. The fourth-order valence-corrected chi connectivity index (χ4v) is 4.14. The van der Waals surface area contributed by atoms with Crippen molar-refractivity contribution in [1.82, 2.24) is 9.97 Å². The predicted octanol–water partition coefficient (Wildman–Crippen LogP) is 0.156. The first kappa shape index (κ1) is 12.6. The summed E-state index contributed by atoms with van der Waals surface area (Å²) >= 11 is 3.16. The van der Waals surface area contributed by atoms with Gasteiger partial charge in [0.05, 0.1) is 17.8 Å². The standard InChI is InChI=1S/C9H12BrN3O3S/c1-13(6-2-3-17(15,16)4-6)8-7(10)9(14)12-5-11-8/h5-6H,2-4H2,1H3,(H,11,12,14).